The van der Waals surface area contributed by atoms with Crippen LogP contribution >= 0.6 is 0 Å². The lowest BCUT2D eigenvalue weighted by atomic mass is 10.1. The third-order valence-corrected chi connectivity index (χ3v) is 5.33. The van der Waals surface area contributed by atoms with Crippen LogP contribution in [0.5, 0.6) is 5.75 Å². The van der Waals surface area contributed by atoms with Crippen LogP contribution in [0.2, 0.25) is 0 Å². The highest BCUT2D eigenvalue weighted by Crippen LogP contribution is 2.31. The number of nitrogens with zero attached hydrogens (tertiary/aromatic N) is 1. The second kappa shape index (κ2) is 10.7. The van der Waals surface area contributed by atoms with Gasteiger partial charge in [-0.2, -0.15) is 0 Å². The minimum Gasteiger partial charge on any atom is -0.494 e. The summed E-state index contributed by atoms with van der Waals surface area (Å²) in [5, 5.41) is 1.07. The number of nitrogens with two attached hydrogens (primary N) is 1. The van der Waals surface area contributed by atoms with Crippen LogP contribution in [0.3, 0.4) is 0 Å². The highest BCUT2D eigenvalue weighted by molar-refractivity contribution is 5.87. The van der Waals surface area contributed by atoms with E-state index in [9.17, 15) is 9.59 Å². The molecule has 1 heterocycles. The molecular weight excluding hydrogens is 392 g/mol. The minimum absolute atomic E-state index is 0.205. The predicted molar refractivity (Wildman–Crippen MR) is 121 cm³/mol. The SMILES string of the molecule is CCOC(=O)CCCOc1ccc2c(c1)c(CCC(N)=O)c(C)n2Cc1ccccc1. The second-order valence-electron chi connectivity index (χ2n) is 7.54. The molecule has 3 aromatic rings. The number of primary amides is 1. The third-order valence-electron chi connectivity index (χ3n) is 5.33. The Bertz CT molecular complexity index is 1040. The molecule has 6 heteroatoms. The number of carbonyl (C=O) groups excluding carboxylic acids is 2. The molecule has 0 saturated heterocycles. The van der Waals surface area contributed by atoms with Crippen molar-refractivity contribution in [1.82, 2.24) is 4.57 Å². The van der Waals surface area contributed by atoms with Crippen molar-refractivity contribution in [2.75, 3.05) is 13.2 Å². The molecule has 0 aliphatic rings. The van der Waals surface area contributed by atoms with E-state index in [2.05, 4.69) is 29.7 Å². The van der Waals surface area contributed by atoms with Crippen LogP contribution in [0, 0.1) is 6.92 Å². The number of benzene rings is 2. The number of esters is 1. The number of amides is 1. The first-order valence-corrected chi connectivity index (χ1v) is 10.7. The maximum absolute atomic E-state index is 11.5. The molecule has 0 radical (unpaired) electrons. The molecule has 0 spiro atoms. The first kappa shape index (κ1) is 22.4. The minimum atomic E-state index is -0.310. The topological polar surface area (TPSA) is 83.6 Å². The van der Waals surface area contributed by atoms with Crippen molar-refractivity contribution in [1.29, 1.82) is 0 Å². The smallest absolute Gasteiger partial charge is 0.305 e. The van der Waals surface area contributed by atoms with E-state index < -0.39 is 0 Å². The van der Waals surface area contributed by atoms with E-state index in [0.717, 1.165) is 34.5 Å². The molecule has 1 amide bonds. The van der Waals surface area contributed by atoms with Crippen molar-refractivity contribution < 1.29 is 19.1 Å². The molecule has 0 saturated carbocycles. The van der Waals surface area contributed by atoms with Crippen LogP contribution in [-0.4, -0.2) is 29.7 Å². The van der Waals surface area contributed by atoms with E-state index in [-0.39, 0.29) is 11.9 Å². The number of hydrogen-bond donors (Lipinski definition) is 1. The van der Waals surface area contributed by atoms with Crippen molar-refractivity contribution in [3.8, 4) is 5.75 Å². The summed E-state index contributed by atoms with van der Waals surface area (Å²) in [6, 6.07) is 16.3. The standard InChI is InChI=1S/C25H30N2O4/c1-3-30-25(29)10-7-15-31-20-11-13-23-22(16-20)21(12-14-24(26)28)18(2)27(23)17-19-8-5-4-6-9-19/h4-6,8-9,11,13,16H,3,7,10,12,14-15,17H2,1-2H3,(H2,26,28). The Morgan fingerprint density at radius 3 is 2.55 bits per heavy atom. The van der Waals surface area contributed by atoms with Gasteiger partial charge in [-0.3, -0.25) is 9.59 Å². The summed E-state index contributed by atoms with van der Waals surface area (Å²) in [5.74, 6) is 0.229. The van der Waals surface area contributed by atoms with Gasteiger partial charge in [-0.1, -0.05) is 30.3 Å². The zero-order valence-corrected chi connectivity index (χ0v) is 18.2. The summed E-state index contributed by atoms with van der Waals surface area (Å²) in [5.41, 5.74) is 9.96. The lowest BCUT2D eigenvalue weighted by Crippen LogP contribution is -2.11. The van der Waals surface area contributed by atoms with E-state index in [0.29, 0.717) is 38.9 Å². The molecule has 164 valence electrons. The fraction of sp³-hybridized carbons (Fsp3) is 0.360. The van der Waals surface area contributed by atoms with Crippen molar-refractivity contribution in [2.45, 2.75) is 46.1 Å². The number of rotatable bonds is 11. The van der Waals surface area contributed by atoms with Gasteiger partial charge < -0.3 is 19.8 Å². The Hall–Kier alpha value is -3.28. The summed E-state index contributed by atoms with van der Waals surface area (Å²) < 4.78 is 13.1. The molecular formula is C25H30N2O4. The molecule has 1 aromatic heterocycles. The number of fused-ring (bicyclic) bond motifs is 1. The summed E-state index contributed by atoms with van der Waals surface area (Å²) in [6.07, 6.45) is 1.83. The Kier molecular flexibility index (Phi) is 7.70. The molecule has 6 nitrogen and oxygen atoms in total. The number of aryl methyl sites for hydroxylation is 1. The zero-order chi connectivity index (χ0) is 22.2. The van der Waals surface area contributed by atoms with Gasteiger partial charge in [0.2, 0.25) is 5.91 Å². The van der Waals surface area contributed by atoms with Crippen LogP contribution in [-0.2, 0) is 27.3 Å². The molecule has 0 aliphatic heterocycles. The van der Waals surface area contributed by atoms with Gasteiger partial charge in [0.15, 0.2) is 0 Å². The van der Waals surface area contributed by atoms with E-state index >= 15 is 0 Å². The summed E-state index contributed by atoms with van der Waals surface area (Å²) in [7, 11) is 0. The van der Waals surface area contributed by atoms with E-state index in [4.69, 9.17) is 15.2 Å². The fourth-order valence-electron chi connectivity index (χ4n) is 3.79. The Balaban J connectivity index is 1.83. The second-order valence-corrected chi connectivity index (χ2v) is 7.54. The summed E-state index contributed by atoms with van der Waals surface area (Å²) in [4.78, 5) is 22.9. The lowest BCUT2D eigenvalue weighted by Gasteiger charge is -2.10. The highest BCUT2D eigenvalue weighted by atomic mass is 16.5. The van der Waals surface area contributed by atoms with Crippen molar-refractivity contribution in [3.05, 3.63) is 65.4 Å². The van der Waals surface area contributed by atoms with Gasteiger partial charge in [0.25, 0.3) is 0 Å². The van der Waals surface area contributed by atoms with Crippen LogP contribution < -0.4 is 10.5 Å². The normalized spacial score (nSPS) is 10.9. The van der Waals surface area contributed by atoms with Crippen LogP contribution in [0.4, 0.5) is 0 Å². The van der Waals surface area contributed by atoms with Gasteiger partial charge in [-0.25, -0.2) is 0 Å². The summed E-state index contributed by atoms with van der Waals surface area (Å²) in [6.45, 7) is 5.46. The van der Waals surface area contributed by atoms with Crippen LogP contribution in [0.25, 0.3) is 10.9 Å². The van der Waals surface area contributed by atoms with Gasteiger partial charge in [0.05, 0.1) is 13.2 Å². The van der Waals surface area contributed by atoms with Crippen molar-refractivity contribution in [3.63, 3.8) is 0 Å². The van der Waals surface area contributed by atoms with Gasteiger partial charge >= 0.3 is 5.97 Å². The molecule has 31 heavy (non-hydrogen) atoms. The average molecular weight is 423 g/mol. The first-order chi connectivity index (χ1) is 15.0. The number of ether oxygens (including phenoxy) is 2. The van der Waals surface area contributed by atoms with Crippen molar-refractivity contribution in [2.24, 2.45) is 5.73 Å². The Morgan fingerprint density at radius 1 is 1.06 bits per heavy atom. The maximum atomic E-state index is 11.5. The van der Waals surface area contributed by atoms with Gasteiger partial charge in [-0.05, 0) is 56.0 Å². The van der Waals surface area contributed by atoms with Crippen molar-refractivity contribution >= 4 is 22.8 Å². The zero-order valence-electron chi connectivity index (χ0n) is 18.2. The molecule has 2 N–H and O–H groups in total. The van der Waals surface area contributed by atoms with Gasteiger partial charge in [0, 0.05) is 36.0 Å². The third kappa shape index (κ3) is 5.87. The van der Waals surface area contributed by atoms with Crippen LogP contribution in [0.1, 0.15) is 43.0 Å². The molecule has 0 fully saturated rings. The van der Waals surface area contributed by atoms with Gasteiger partial charge in [-0.15, -0.1) is 0 Å². The molecule has 0 unspecified atom stereocenters. The maximum Gasteiger partial charge on any atom is 0.305 e. The molecule has 3 rings (SSSR count). The van der Waals surface area contributed by atoms with E-state index in [1.54, 1.807) is 6.92 Å². The number of hydrogen-bond acceptors (Lipinski definition) is 4. The summed E-state index contributed by atoms with van der Waals surface area (Å²) >= 11 is 0. The Morgan fingerprint density at radius 2 is 1.84 bits per heavy atom. The predicted octanol–water partition coefficient (Wildman–Crippen LogP) is 4.14. The van der Waals surface area contributed by atoms with E-state index in [1.165, 1.54) is 5.56 Å². The molecule has 0 aliphatic carbocycles. The highest BCUT2D eigenvalue weighted by Gasteiger charge is 2.16. The molecule has 0 atom stereocenters. The lowest BCUT2D eigenvalue weighted by molar-refractivity contribution is -0.143. The number of aromatic nitrogens is 1. The number of carbonyl (C=O) groups is 2. The van der Waals surface area contributed by atoms with Gasteiger partial charge in [0.1, 0.15) is 5.75 Å². The monoisotopic (exact) mass is 422 g/mol. The molecule has 0 bridgehead atoms. The Labute approximate surface area is 182 Å². The van der Waals surface area contributed by atoms with Crippen LogP contribution in [0.15, 0.2) is 48.5 Å². The fourth-order valence-corrected chi connectivity index (χ4v) is 3.79. The quantitative estimate of drug-likeness (QED) is 0.372. The largest absolute Gasteiger partial charge is 0.494 e. The average Bonchev–Trinajstić information content (AvgIpc) is 3.01. The first-order valence-electron chi connectivity index (χ1n) is 10.7. The van der Waals surface area contributed by atoms with E-state index in [1.807, 2.05) is 30.3 Å². The molecule has 2 aromatic carbocycles.